The second-order valence-corrected chi connectivity index (χ2v) is 5.47. The lowest BCUT2D eigenvalue weighted by Gasteiger charge is -2.25. The van der Waals surface area contributed by atoms with E-state index in [1.807, 2.05) is 12.3 Å². The average Bonchev–Trinajstić information content (AvgIpc) is 3.18. The second-order valence-electron chi connectivity index (χ2n) is 5.47. The molecule has 0 radical (unpaired) electrons. The highest BCUT2D eigenvalue weighted by atomic mass is 15.3. The zero-order valence-electron chi connectivity index (χ0n) is 12.2. The summed E-state index contributed by atoms with van der Waals surface area (Å²) in [5.41, 5.74) is 2.26. The van der Waals surface area contributed by atoms with Gasteiger partial charge in [0.25, 0.3) is 0 Å². The quantitative estimate of drug-likeness (QED) is 0.765. The molecule has 4 heteroatoms. The molecule has 0 atom stereocenters. The third-order valence-corrected chi connectivity index (χ3v) is 3.43. The number of hydrogen-bond acceptors (Lipinski definition) is 4. The molecule has 0 bridgehead atoms. The van der Waals surface area contributed by atoms with E-state index in [1.165, 1.54) is 18.4 Å². The highest BCUT2D eigenvalue weighted by Gasteiger charge is 2.20. The maximum atomic E-state index is 4.64. The van der Waals surface area contributed by atoms with Gasteiger partial charge < -0.3 is 10.2 Å². The monoisotopic (exact) mass is 260 g/mol. The minimum atomic E-state index is 0.368. The fourth-order valence-corrected chi connectivity index (χ4v) is 2.00. The van der Waals surface area contributed by atoms with Crippen molar-refractivity contribution in [3.05, 3.63) is 30.1 Å². The summed E-state index contributed by atoms with van der Waals surface area (Å²) in [7, 11) is 0. The van der Waals surface area contributed by atoms with E-state index in [2.05, 4.69) is 47.5 Å². The predicted octanol–water partition coefficient (Wildman–Crippen LogP) is 2.44. The van der Waals surface area contributed by atoms with Crippen LogP contribution in [0.25, 0.3) is 0 Å². The number of aromatic nitrogens is 2. The first kappa shape index (κ1) is 14.0. The van der Waals surface area contributed by atoms with Crippen molar-refractivity contribution < 1.29 is 0 Å². The molecule has 19 heavy (non-hydrogen) atoms. The smallest absolute Gasteiger partial charge is 0.226 e. The summed E-state index contributed by atoms with van der Waals surface area (Å²) in [6.07, 6.45) is 6.45. The molecule has 1 fully saturated rings. The van der Waals surface area contributed by atoms with Gasteiger partial charge in [0.1, 0.15) is 0 Å². The minimum Gasteiger partial charge on any atom is -0.335 e. The summed E-state index contributed by atoms with van der Waals surface area (Å²) in [5, 5.41) is 3.50. The zero-order chi connectivity index (χ0) is 13.8. The van der Waals surface area contributed by atoms with Gasteiger partial charge in [-0.25, -0.2) is 9.97 Å². The summed E-state index contributed by atoms with van der Waals surface area (Å²) in [6.45, 7) is 11.8. The summed E-state index contributed by atoms with van der Waals surface area (Å²) >= 11 is 0. The normalized spacial score (nSPS) is 14.7. The molecule has 1 aromatic rings. The van der Waals surface area contributed by atoms with Crippen LogP contribution in [0.1, 0.15) is 37.9 Å². The van der Waals surface area contributed by atoms with E-state index in [0.29, 0.717) is 12.1 Å². The fourth-order valence-electron chi connectivity index (χ4n) is 2.00. The van der Waals surface area contributed by atoms with Gasteiger partial charge in [0.2, 0.25) is 5.95 Å². The van der Waals surface area contributed by atoms with Crippen LogP contribution in [0, 0.1) is 6.92 Å². The minimum absolute atomic E-state index is 0.368. The number of nitrogens with zero attached hydrogens (tertiary/aromatic N) is 3. The molecule has 0 aromatic carbocycles. The van der Waals surface area contributed by atoms with Crippen LogP contribution in [0.2, 0.25) is 0 Å². The van der Waals surface area contributed by atoms with Crippen molar-refractivity contribution in [2.45, 2.75) is 52.2 Å². The molecule has 1 heterocycles. The molecule has 1 aliphatic rings. The Bertz CT molecular complexity index is 438. The third kappa shape index (κ3) is 3.77. The van der Waals surface area contributed by atoms with Crippen LogP contribution in [0.15, 0.2) is 18.9 Å². The molecular weight excluding hydrogens is 236 g/mol. The maximum absolute atomic E-state index is 4.64. The van der Waals surface area contributed by atoms with Gasteiger partial charge in [0.15, 0.2) is 0 Å². The number of anilines is 1. The number of nitrogens with one attached hydrogen (secondary N) is 1. The lowest BCUT2D eigenvalue weighted by molar-refractivity contribution is 0.669. The third-order valence-electron chi connectivity index (χ3n) is 3.43. The molecule has 104 valence electrons. The molecule has 0 unspecified atom stereocenters. The Labute approximate surface area is 115 Å². The lowest BCUT2D eigenvalue weighted by atomic mass is 10.2. The van der Waals surface area contributed by atoms with Crippen LogP contribution in [0.5, 0.6) is 0 Å². The predicted molar refractivity (Wildman–Crippen MR) is 79.3 cm³/mol. The van der Waals surface area contributed by atoms with E-state index < -0.39 is 0 Å². The Balaban J connectivity index is 2.08. The lowest BCUT2D eigenvalue weighted by Crippen LogP contribution is -2.32. The Morgan fingerprint density at radius 2 is 2.26 bits per heavy atom. The van der Waals surface area contributed by atoms with E-state index in [-0.39, 0.29) is 0 Å². The molecule has 1 saturated carbocycles. The number of hydrogen-bond donors (Lipinski definition) is 1. The molecule has 1 N–H and O–H groups in total. The molecular formula is C15H24N4. The molecule has 0 aliphatic heterocycles. The SMILES string of the molecule is C=CCN(c1ncc(CNC2CC2)c(C)n1)C(C)C. The van der Waals surface area contributed by atoms with Gasteiger partial charge in [0, 0.05) is 42.6 Å². The van der Waals surface area contributed by atoms with Crippen molar-refractivity contribution in [1.82, 2.24) is 15.3 Å². The first-order valence-corrected chi connectivity index (χ1v) is 7.05. The Morgan fingerprint density at radius 1 is 1.53 bits per heavy atom. The van der Waals surface area contributed by atoms with Gasteiger partial charge >= 0.3 is 0 Å². The fraction of sp³-hybridized carbons (Fsp3) is 0.600. The van der Waals surface area contributed by atoms with E-state index in [4.69, 9.17) is 0 Å². The van der Waals surface area contributed by atoms with Crippen LogP contribution in [0.4, 0.5) is 5.95 Å². The van der Waals surface area contributed by atoms with Gasteiger partial charge in [-0.2, -0.15) is 0 Å². The van der Waals surface area contributed by atoms with Crippen LogP contribution >= 0.6 is 0 Å². The van der Waals surface area contributed by atoms with Crippen LogP contribution < -0.4 is 10.2 Å². The number of aryl methyl sites for hydroxylation is 1. The molecule has 0 saturated heterocycles. The van der Waals surface area contributed by atoms with Gasteiger partial charge in [0.05, 0.1) is 0 Å². The van der Waals surface area contributed by atoms with E-state index in [1.54, 1.807) is 0 Å². The largest absolute Gasteiger partial charge is 0.335 e. The van der Waals surface area contributed by atoms with Gasteiger partial charge in [-0.3, -0.25) is 0 Å². The van der Waals surface area contributed by atoms with Crippen molar-refractivity contribution in [3.8, 4) is 0 Å². The summed E-state index contributed by atoms with van der Waals surface area (Å²) in [5.74, 6) is 0.794. The van der Waals surface area contributed by atoms with E-state index >= 15 is 0 Å². The van der Waals surface area contributed by atoms with E-state index in [0.717, 1.165) is 24.7 Å². The average molecular weight is 260 g/mol. The first-order valence-electron chi connectivity index (χ1n) is 7.05. The van der Waals surface area contributed by atoms with Crippen molar-refractivity contribution in [3.63, 3.8) is 0 Å². The van der Waals surface area contributed by atoms with E-state index in [9.17, 15) is 0 Å². The summed E-state index contributed by atoms with van der Waals surface area (Å²) < 4.78 is 0. The van der Waals surface area contributed by atoms with Gasteiger partial charge in [-0.05, 0) is 33.6 Å². The van der Waals surface area contributed by atoms with Crippen molar-refractivity contribution in [1.29, 1.82) is 0 Å². The zero-order valence-corrected chi connectivity index (χ0v) is 12.2. The van der Waals surface area contributed by atoms with Crippen LogP contribution in [-0.2, 0) is 6.54 Å². The van der Waals surface area contributed by atoms with Crippen molar-refractivity contribution >= 4 is 5.95 Å². The Morgan fingerprint density at radius 3 is 2.79 bits per heavy atom. The Kier molecular flexibility index (Phi) is 4.53. The van der Waals surface area contributed by atoms with Gasteiger partial charge in [-0.15, -0.1) is 6.58 Å². The van der Waals surface area contributed by atoms with Gasteiger partial charge in [-0.1, -0.05) is 6.08 Å². The molecule has 0 amide bonds. The van der Waals surface area contributed by atoms with Crippen molar-refractivity contribution in [2.24, 2.45) is 0 Å². The Hall–Kier alpha value is -1.42. The maximum Gasteiger partial charge on any atom is 0.226 e. The summed E-state index contributed by atoms with van der Waals surface area (Å²) in [6, 6.07) is 1.08. The first-order chi connectivity index (χ1) is 9.11. The highest BCUT2D eigenvalue weighted by Crippen LogP contribution is 2.20. The topological polar surface area (TPSA) is 41.1 Å². The van der Waals surface area contributed by atoms with Crippen LogP contribution in [0.3, 0.4) is 0 Å². The molecule has 0 spiro atoms. The molecule has 1 aliphatic carbocycles. The number of rotatable bonds is 7. The highest BCUT2D eigenvalue weighted by molar-refractivity contribution is 5.35. The molecule has 4 nitrogen and oxygen atoms in total. The molecule has 1 aromatic heterocycles. The van der Waals surface area contributed by atoms with Crippen molar-refractivity contribution in [2.75, 3.05) is 11.4 Å². The standard InChI is InChI=1S/C15H24N4/c1-5-8-19(11(2)3)15-17-10-13(12(4)18-15)9-16-14-6-7-14/h5,10-11,14,16H,1,6-9H2,2-4H3. The van der Waals surface area contributed by atoms with Crippen LogP contribution in [-0.4, -0.2) is 28.6 Å². The molecule has 2 rings (SSSR count). The second kappa shape index (κ2) is 6.15. The summed E-state index contributed by atoms with van der Waals surface area (Å²) in [4.78, 5) is 11.3.